The van der Waals surface area contributed by atoms with Crippen LogP contribution in [0.4, 0.5) is 5.69 Å². The van der Waals surface area contributed by atoms with E-state index in [-0.39, 0.29) is 5.41 Å². The van der Waals surface area contributed by atoms with E-state index in [2.05, 4.69) is 23.5 Å². The maximum absolute atomic E-state index is 9.40. The second-order valence-electron chi connectivity index (χ2n) is 4.84. The zero-order chi connectivity index (χ0) is 10.3. The van der Waals surface area contributed by atoms with E-state index in [0.717, 1.165) is 19.4 Å². The molecule has 0 spiro atoms. The Balaban J connectivity index is 1.97. The molecule has 0 radical (unpaired) electrons. The van der Waals surface area contributed by atoms with Crippen LogP contribution in [-0.4, -0.2) is 18.3 Å². The van der Waals surface area contributed by atoms with Crippen molar-refractivity contribution < 1.29 is 5.11 Å². The van der Waals surface area contributed by atoms with Gasteiger partial charge in [-0.15, -0.1) is 0 Å². The molecule has 2 N–H and O–H groups in total. The molecule has 0 amide bonds. The standard InChI is InChI=1S/C13H17NO/c15-9-13(5-6-13)11-3-4-12-10(8-11)2-1-7-14-12/h3-4,8,14-15H,1-2,5-7,9H2. The summed E-state index contributed by atoms with van der Waals surface area (Å²) in [6.45, 7) is 1.40. The molecule has 0 atom stereocenters. The first-order chi connectivity index (χ1) is 7.34. The van der Waals surface area contributed by atoms with Crippen LogP contribution >= 0.6 is 0 Å². The van der Waals surface area contributed by atoms with Gasteiger partial charge in [-0.3, -0.25) is 0 Å². The summed E-state index contributed by atoms with van der Waals surface area (Å²) < 4.78 is 0. The normalized spacial score (nSPS) is 21.7. The minimum atomic E-state index is 0.118. The van der Waals surface area contributed by atoms with Gasteiger partial charge >= 0.3 is 0 Å². The van der Waals surface area contributed by atoms with Crippen molar-refractivity contribution in [2.45, 2.75) is 31.1 Å². The molecule has 0 saturated heterocycles. The number of fused-ring (bicyclic) bond motifs is 1. The predicted molar refractivity (Wildman–Crippen MR) is 61.3 cm³/mol. The molecule has 3 rings (SSSR count). The van der Waals surface area contributed by atoms with Gasteiger partial charge in [0.05, 0.1) is 6.61 Å². The van der Waals surface area contributed by atoms with E-state index in [1.54, 1.807) is 0 Å². The molecule has 1 aromatic rings. The Hall–Kier alpha value is -1.02. The van der Waals surface area contributed by atoms with Crippen LogP contribution in [0.25, 0.3) is 0 Å². The molecule has 1 heterocycles. The SMILES string of the molecule is OCC1(c2ccc3c(c2)CCCN3)CC1. The Morgan fingerprint density at radius 1 is 1.33 bits per heavy atom. The molecule has 80 valence electrons. The van der Waals surface area contributed by atoms with Crippen LogP contribution in [0.5, 0.6) is 0 Å². The highest BCUT2D eigenvalue weighted by atomic mass is 16.3. The lowest BCUT2D eigenvalue weighted by atomic mass is 9.92. The van der Waals surface area contributed by atoms with Crippen LogP contribution in [0.3, 0.4) is 0 Å². The van der Waals surface area contributed by atoms with Gasteiger partial charge in [-0.2, -0.15) is 0 Å². The number of nitrogens with one attached hydrogen (secondary N) is 1. The summed E-state index contributed by atoms with van der Waals surface area (Å²) >= 11 is 0. The van der Waals surface area contributed by atoms with Crippen molar-refractivity contribution in [3.63, 3.8) is 0 Å². The van der Waals surface area contributed by atoms with Gasteiger partial charge in [-0.1, -0.05) is 12.1 Å². The average Bonchev–Trinajstić information content (AvgIpc) is 3.09. The smallest absolute Gasteiger partial charge is 0.0527 e. The van der Waals surface area contributed by atoms with Crippen LogP contribution < -0.4 is 5.32 Å². The summed E-state index contributed by atoms with van der Waals surface area (Å²) in [6.07, 6.45) is 4.70. The fourth-order valence-corrected chi connectivity index (χ4v) is 2.49. The zero-order valence-corrected chi connectivity index (χ0v) is 8.92. The highest BCUT2D eigenvalue weighted by Crippen LogP contribution is 2.48. The van der Waals surface area contributed by atoms with Crippen LogP contribution in [0.15, 0.2) is 18.2 Å². The molecular weight excluding hydrogens is 186 g/mol. The molecule has 0 aromatic heterocycles. The third kappa shape index (κ3) is 1.44. The molecule has 1 fully saturated rings. The topological polar surface area (TPSA) is 32.3 Å². The van der Waals surface area contributed by atoms with Crippen molar-refractivity contribution in [1.29, 1.82) is 0 Å². The molecule has 2 nitrogen and oxygen atoms in total. The molecular formula is C13H17NO. The molecule has 1 saturated carbocycles. The lowest BCUT2D eigenvalue weighted by Crippen LogP contribution is -2.15. The summed E-state index contributed by atoms with van der Waals surface area (Å²) in [5.41, 5.74) is 4.18. The molecule has 15 heavy (non-hydrogen) atoms. The molecule has 2 heteroatoms. The van der Waals surface area contributed by atoms with Crippen molar-refractivity contribution in [1.82, 2.24) is 0 Å². The third-order valence-corrected chi connectivity index (χ3v) is 3.81. The van der Waals surface area contributed by atoms with Gasteiger partial charge < -0.3 is 10.4 Å². The van der Waals surface area contributed by atoms with Gasteiger partial charge in [-0.25, -0.2) is 0 Å². The summed E-state index contributed by atoms with van der Waals surface area (Å²) in [5.74, 6) is 0. The number of anilines is 1. The second-order valence-corrected chi connectivity index (χ2v) is 4.84. The van der Waals surface area contributed by atoms with Gasteiger partial charge in [0.15, 0.2) is 0 Å². The predicted octanol–water partition coefficient (Wildman–Crippen LogP) is 2.07. The van der Waals surface area contributed by atoms with Gasteiger partial charge in [0.2, 0.25) is 0 Å². The number of hydrogen-bond donors (Lipinski definition) is 2. The highest BCUT2D eigenvalue weighted by Gasteiger charge is 2.43. The first-order valence-corrected chi connectivity index (χ1v) is 5.82. The number of benzene rings is 1. The summed E-state index contributed by atoms with van der Waals surface area (Å²) in [7, 11) is 0. The number of aliphatic hydroxyl groups is 1. The van der Waals surface area contributed by atoms with Crippen LogP contribution in [-0.2, 0) is 11.8 Å². The van der Waals surface area contributed by atoms with Crippen LogP contribution in [0.1, 0.15) is 30.4 Å². The number of rotatable bonds is 2. The monoisotopic (exact) mass is 203 g/mol. The number of aryl methyl sites for hydroxylation is 1. The van der Waals surface area contributed by atoms with E-state index in [9.17, 15) is 5.11 Å². The Morgan fingerprint density at radius 2 is 2.20 bits per heavy atom. The Bertz CT molecular complexity index is 382. The summed E-state index contributed by atoms with van der Waals surface area (Å²) in [5, 5.41) is 12.8. The lowest BCUT2D eigenvalue weighted by molar-refractivity contribution is 0.255. The van der Waals surface area contributed by atoms with Gasteiger partial charge in [-0.05, 0) is 42.9 Å². The van der Waals surface area contributed by atoms with Crippen molar-refractivity contribution in [3.8, 4) is 0 Å². The fraction of sp³-hybridized carbons (Fsp3) is 0.538. The van der Waals surface area contributed by atoms with Crippen LogP contribution in [0, 0.1) is 0 Å². The van der Waals surface area contributed by atoms with Crippen LogP contribution in [0.2, 0.25) is 0 Å². The average molecular weight is 203 g/mol. The lowest BCUT2D eigenvalue weighted by Gasteiger charge is -2.21. The Labute approximate surface area is 90.3 Å². The van der Waals surface area contributed by atoms with Crippen molar-refractivity contribution >= 4 is 5.69 Å². The maximum atomic E-state index is 9.40. The summed E-state index contributed by atoms with van der Waals surface area (Å²) in [6, 6.07) is 6.66. The number of hydrogen-bond acceptors (Lipinski definition) is 2. The maximum Gasteiger partial charge on any atom is 0.0527 e. The van der Waals surface area contributed by atoms with E-state index in [1.165, 1.54) is 29.7 Å². The Morgan fingerprint density at radius 3 is 2.93 bits per heavy atom. The van der Waals surface area contributed by atoms with Gasteiger partial charge in [0.25, 0.3) is 0 Å². The second kappa shape index (κ2) is 3.24. The molecule has 0 unspecified atom stereocenters. The van der Waals surface area contributed by atoms with Crippen molar-refractivity contribution in [3.05, 3.63) is 29.3 Å². The van der Waals surface area contributed by atoms with Crippen molar-refractivity contribution in [2.75, 3.05) is 18.5 Å². The van der Waals surface area contributed by atoms with Crippen molar-refractivity contribution in [2.24, 2.45) is 0 Å². The highest BCUT2D eigenvalue weighted by molar-refractivity contribution is 5.56. The Kier molecular flexibility index (Phi) is 1.99. The molecule has 1 aliphatic carbocycles. The minimum absolute atomic E-state index is 0.118. The summed E-state index contributed by atoms with van der Waals surface area (Å²) in [4.78, 5) is 0. The van der Waals surface area contributed by atoms with E-state index in [4.69, 9.17) is 0 Å². The number of aliphatic hydroxyl groups excluding tert-OH is 1. The van der Waals surface area contributed by atoms with Gasteiger partial charge in [0.1, 0.15) is 0 Å². The zero-order valence-electron chi connectivity index (χ0n) is 8.92. The minimum Gasteiger partial charge on any atom is -0.395 e. The van der Waals surface area contributed by atoms with E-state index < -0.39 is 0 Å². The molecule has 0 bridgehead atoms. The van der Waals surface area contributed by atoms with E-state index >= 15 is 0 Å². The molecule has 2 aliphatic rings. The molecule has 1 aromatic carbocycles. The fourth-order valence-electron chi connectivity index (χ4n) is 2.49. The quantitative estimate of drug-likeness (QED) is 0.771. The first-order valence-electron chi connectivity index (χ1n) is 5.82. The van der Waals surface area contributed by atoms with Gasteiger partial charge in [0, 0.05) is 17.6 Å². The molecule has 1 aliphatic heterocycles. The van der Waals surface area contributed by atoms with E-state index in [1.807, 2.05) is 0 Å². The third-order valence-electron chi connectivity index (χ3n) is 3.81. The first kappa shape index (κ1) is 9.22. The van der Waals surface area contributed by atoms with E-state index in [0.29, 0.717) is 6.61 Å². The largest absolute Gasteiger partial charge is 0.395 e.